The first kappa shape index (κ1) is 16.0. The number of carbonyl (C=O) groups is 1. The van der Waals surface area contributed by atoms with Gasteiger partial charge in [-0.3, -0.25) is 4.79 Å². The van der Waals surface area contributed by atoms with Gasteiger partial charge in [0.2, 0.25) is 5.91 Å². The van der Waals surface area contributed by atoms with Crippen molar-refractivity contribution in [2.24, 2.45) is 11.7 Å². The van der Waals surface area contributed by atoms with Crippen molar-refractivity contribution in [3.8, 4) is 0 Å². The van der Waals surface area contributed by atoms with Crippen LogP contribution in [-0.2, 0) is 11.3 Å². The van der Waals surface area contributed by atoms with Crippen molar-refractivity contribution >= 4 is 16.9 Å². The molecule has 0 bridgehead atoms. The summed E-state index contributed by atoms with van der Waals surface area (Å²) < 4.78 is 2.17. The number of nitrogens with zero attached hydrogens (tertiary/aromatic N) is 2. The first-order chi connectivity index (χ1) is 11.1. The summed E-state index contributed by atoms with van der Waals surface area (Å²) in [6, 6.07) is 8.16. The number of aromatic nitrogens is 2. The van der Waals surface area contributed by atoms with Gasteiger partial charge in [0.15, 0.2) is 0 Å². The molecule has 1 aliphatic carbocycles. The molecule has 1 aromatic carbocycles. The zero-order valence-corrected chi connectivity index (χ0v) is 14.0. The van der Waals surface area contributed by atoms with Crippen LogP contribution in [0.2, 0.25) is 0 Å². The molecule has 3 atom stereocenters. The highest BCUT2D eigenvalue weighted by molar-refractivity contribution is 5.80. The average Bonchev–Trinajstić information content (AvgIpc) is 2.93. The number of para-hydroxylation sites is 2. The van der Waals surface area contributed by atoms with Gasteiger partial charge in [-0.05, 0) is 45.2 Å². The summed E-state index contributed by atoms with van der Waals surface area (Å²) in [5.41, 5.74) is 8.10. The van der Waals surface area contributed by atoms with E-state index in [4.69, 9.17) is 10.7 Å². The van der Waals surface area contributed by atoms with E-state index < -0.39 is 0 Å². The van der Waals surface area contributed by atoms with E-state index in [2.05, 4.69) is 22.9 Å². The molecule has 23 heavy (non-hydrogen) atoms. The number of rotatable bonds is 4. The third-order valence-electron chi connectivity index (χ3n) is 4.83. The molecule has 1 amide bonds. The molecule has 124 valence electrons. The van der Waals surface area contributed by atoms with E-state index in [1.54, 1.807) is 0 Å². The predicted octanol–water partition coefficient (Wildman–Crippen LogP) is 2.75. The Morgan fingerprint density at radius 3 is 2.96 bits per heavy atom. The molecule has 5 heteroatoms. The van der Waals surface area contributed by atoms with Crippen LogP contribution in [-0.4, -0.2) is 21.5 Å². The Balaban J connectivity index is 1.77. The maximum Gasteiger partial charge on any atom is 0.223 e. The molecule has 1 heterocycles. The number of fused-ring (bicyclic) bond motifs is 1. The predicted molar refractivity (Wildman–Crippen MR) is 91.9 cm³/mol. The highest BCUT2D eigenvalue weighted by Crippen LogP contribution is 2.25. The van der Waals surface area contributed by atoms with Gasteiger partial charge < -0.3 is 15.6 Å². The number of nitrogens with two attached hydrogens (primary N) is 1. The van der Waals surface area contributed by atoms with E-state index in [-0.39, 0.29) is 23.9 Å². The Bertz CT molecular complexity index is 693. The molecule has 0 radical (unpaired) electrons. The molecule has 0 saturated heterocycles. The van der Waals surface area contributed by atoms with Gasteiger partial charge in [-0.25, -0.2) is 4.98 Å². The zero-order valence-electron chi connectivity index (χ0n) is 14.0. The monoisotopic (exact) mass is 314 g/mol. The lowest BCUT2D eigenvalue weighted by Crippen LogP contribution is -2.39. The summed E-state index contributed by atoms with van der Waals surface area (Å²) in [4.78, 5) is 17.3. The minimum Gasteiger partial charge on any atom is -0.346 e. The maximum atomic E-state index is 12.5. The SMILES string of the molecule is CCn1c(C(C)NC(=O)C2CCCC(N)C2)nc2ccccc21. The Hall–Kier alpha value is -1.88. The summed E-state index contributed by atoms with van der Waals surface area (Å²) in [6.45, 7) is 4.95. The Kier molecular flexibility index (Phi) is 4.66. The molecular formula is C18H26N4O. The van der Waals surface area contributed by atoms with Gasteiger partial charge in [-0.1, -0.05) is 18.6 Å². The fraction of sp³-hybridized carbons (Fsp3) is 0.556. The number of hydrogen-bond acceptors (Lipinski definition) is 3. The minimum atomic E-state index is -0.104. The van der Waals surface area contributed by atoms with E-state index >= 15 is 0 Å². The molecule has 3 N–H and O–H groups in total. The van der Waals surface area contributed by atoms with E-state index in [0.717, 1.165) is 49.1 Å². The van der Waals surface area contributed by atoms with Gasteiger partial charge in [0.25, 0.3) is 0 Å². The summed E-state index contributed by atoms with van der Waals surface area (Å²) >= 11 is 0. The van der Waals surface area contributed by atoms with E-state index in [1.165, 1.54) is 0 Å². The number of imidazole rings is 1. The zero-order chi connectivity index (χ0) is 16.4. The lowest BCUT2D eigenvalue weighted by atomic mass is 9.85. The van der Waals surface area contributed by atoms with E-state index in [0.29, 0.717) is 0 Å². The lowest BCUT2D eigenvalue weighted by Gasteiger charge is -2.27. The summed E-state index contributed by atoms with van der Waals surface area (Å²) in [5.74, 6) is 1.07. The van der Waals surface area contributed by atoms with Crippen molar-refractivity contribution in [2.75, 3.05) is 0 Å². The first-order valence-corrected chi connectivity index (χ1v) is 8.61. The smallest absolute Gasteiger partial charge is 0.223 e. The van der Waals surface area contributed by atoms with Crippen LogP contribution >= 0.6 is 0 Å². The number of hydrogen-bond donors (Lipinski definition) is 2. The Morgan fingerprint density at radius 2 is 2.22 bits per heavy atom. The fourth-order valence-corrected chi connectivity index (χ4v) is 3.62. The molecule has 1 aromatic heterocycles. The van der Waals surface area contributed by atoms with Crippen LogP contribution in [0.5, 0.6) is 0 Å². The third-order valence-corrected chi connectivity index (χ3v) is 4.83. The summed E-state index contributed by atoms with van der Waals surface area (Å²) in [6.07, 6.45) is 3.81. The maximum absolute atomic E-state index is 12.5. The van der Waals surface area contributed by atoms with Crippen molar-refractivity contribution in [3.63, 3.8) is 0 Å². The lowest BCUT2D eigenvalue weighted by molar-refractivity contribution is -0.126. The normalized spacial score (nSPS) is 22.9. The van der Waals surface area contributed by atoms with Crippen LogP contribution in [0.4, 0.5) is 0 Å². The number of nitrogens with one attached hydrogen (secondary N) is 1. The van der Waals surface area contributed by atoms with Gasteiger partial charge in [0.1, 0.15) is 5.82 Å². The molecule has 0 spiro atoms. The second-order valence-corrected chi connectivity index (χ2v) is 6.56. The standard InChI is InChI=1S/C18H26N4O/c1-3-22-16-10-5-4-9-15(16)21-17(22)12(2)20-18(23)13-7-6-8-14(19)11-13/h4-5,9-10,12-14H,3,6-8,11,19H2,1-2H3,(H,20,23). The van der Waals surface area contributed by atoms with E-state index in [9.17, 15) is 4.79 Å². The van der Waals surface area contributed by atoms with Crippen LogP contribution in [0.25, 0.3) is 11.0 Å². The van der Waals surface area contributed by atoms with Crippen molar-refractivity contribution in [3.05, 3.63) is 30.1 Å². The molecule has 5 nitrogen and oxygen atoms in total. The van der Waals surface area contributed by atoms with Gasteiger partial charge in [-0.15, -0.1) is 0 Å². The first-order valence-electron chi connectivity index (χ1n) is 8.61. The topological polar surface area (TPSA) is 72.9 Å². The van der Waals surface area contributed by atoms with Gasteiger partial charge in [-0.2, -0.15) is 0 Å². The second-order valence-electron chi connectivity index (χ2n) is 6.56. The second kappa shape index (κ2) is 6.71. The largest absolute Gasteiger partial charge is 0.346 e. The summed E-state index contributed by atoms with van der Waals surface area (Å²) in [5, 5.41) is 3.14. The van der Waals surface area contributed by atoms with Crippen molar-refractivity contribution in [1.82, 2.24) is 14.9 Å². The molecule has 1 aliphatic rings. The molecular weight excluding hydrogens is 288 g/mol. The number of amides is 1. The van der Waals surface area contributed by atoms with E-state index in [1.807, 2.05) is 25.1 Å². The van der Waals surface area contributed by atoms with Gasteiger partial charge in [0, 0.05) is 18.5 Å². The Labute approximate surface area is 137 Å². The van der Waals surface area contributed by atoms with Gasteiger partial charge in [0.05, 0.1) is 17.1 Å². The van der Waals surface area contributed by atoms with Crippen molar-refractivity contribution in [2.45, 2.75) is 58.2 Å². The van der Waals surface area contributed by atoms with Crippen molar-refractivity contribution < 1.29 is 4.79 Å². The molecule has 1 fully saturated rings. The number of aryl methyl sites for hydroxylation is 1. The molecule has 1 saturated carbocycles. The van der Waals surface area contributed by atoms with Crippen LogP contribution < -0.4 is 11.1 Å². The fourth-order valence-electron chi connectivity index (χ4n) is 3.62. The quantitative estimate of drug-likeness (QED) is 0.911. The molecule has 3 rings (SSSR count). The van der Waals surface area contributed by atoms with Crippen LogP contribution in [0.3, 0.4) is 0 Å². The molecule has 3 unspecified atom stereocenters. The minimum absolute atomic E-state index is 0.0423. The van der Waals surface area contributed by atoms with Crippen LogP contribution in [0.1, 0.15) is 51.4 Å². The molecule has 2 aromatic rings. The molecule has 0 aliphatic heterocycles. The highest BCUT2D eigenvalue weighted by Gasteiger charge is 2.27. The van der Waals surface area contributed by atoms with Gasteiger partial charge >= 0.3 is 0 Å². The third kappa shape index (κ3) is 3.24. The number of carbonyl (C=O) groups excluding carboxylic acids is 1. The summed E-state index contributed by atoms with van der Waals surface area (Å²) in [7, 11) is 0. The van der Waals surface area contributed by atoms with Crippen molar-refractivity contribution in [1.29, 1.82) is 0 Å². The van der Waals surface area contributed by atoms with Crippen LogP contribution in [0.15, 0.2) is 24.3 Å². The average molecular weight is 314 g/mol. The van der Waals surface area contributed by atoms with Crippen LogP contribution in [0, 0.1) is 5.92 Å². The highest BCUT2D eigenvalue weighted by atomic mass is 16.1. The number of benzene rings is 1. The Morgan fingerprint density at radius 1 is 1.43 bits per heavy atom.